The molecule has 68 valence electrons. The summed E-state index contributed by atoms with van der Waals surface area (Å²) in [7, 11) is 0. The third-order valence-corrected chi connectivity index (χ3v) is 1.65. The van der Waals surface area contributed by atoms with Gasteiger partial charge in [-0.2, -0.15) is 4.39 Å². The van der Waals surface area contributed by atoms with Crippen molar-refractivity contribution in [1.82, 2.24) is 0 Å². The molecule has 0 aliphatic heterocycles. The van der Waals surface area contributed by atoms with E-state index in [1.54, 1.807) is 13.2 Å². The quantitative estimate of drug-likeness (QED) is 0.296. The maximum atomic E-state index is 12.5. The van der Waals surface area contributed by atoms with Gasteiger partial charge in [0.05, 0.1) is 5.04 Å². The molecule has 12 heavy (non-hydrogen) atoms. The molecule has 0 rings (SSSR count). The standard InChI is InChI=1S/C6H9FN2O2S/c1-3(12-2)9-6(11)4(7)5(8)10/h11H,1-2H3,(H2,8,10)/b6-4-,9-3?. The number of hydrogen-bond donors (Lipinski definition) is 2. The fraction of sp³-hybridized carbons (Fsp3) is 0.333. The number of nitrogens with two attached hydrogens (primary N) is 1. The minimum atomic E-state index is -1.43. The molecule has 0 radical (unpaired) electrons. The second-order valence-electron chi connectivity index (χ2n) is 1.84. The number of nitrogens with zero attached hydrogens (tertiary/aromatic N) is 1. The van der Waals surface area contributed by atoms with Gasteiger partial charge in [0.25, 0.3) is 11.8 Å². The number of hydrogen-bond acceptors (Lipinski definition) is 4. The fourth-order valence-corrected chi connectivity index (χ4v) is 0.532. The second-order valence-corrected chi connectivity index (χ2v) is 2.84. The number of thioether (sulfide) groups is 1. The Labute approximate surface area is 73.4 Å². The van der Waals surface area contributed by atoms with E-state index >= 15 is 0 Å². The average molecular weight is 192 g/mol. The van der Waals surface area contributed by atoms with E-state index in [1.165, 1.54) is 11.8 Å². The van der Waals surface area contributed by atoms with Gasteiger partial charge in [-0.15, -0.1) is 11.8 Å². The lowest BCUT2D eigenvalue weighted by Gasteiger charge is -1.95. The summed E-state index contributed by atoms with van der Waals surface area (Å²) in [4.78, 5) is 13.5. The third kappa shape index (κ3) is 3.38. The Hall–Kier alpha value is -1.04. The van der Waals surface area contributed by atoms with Crippen molar-refractivity contribution in [3.8, 4) is 0 Å². The summed E-state index contributed by atoms with van der Waals surface area (Å²) in [6, 6.07) is 0. The predicted molar refractivity (Wildman–Crippen MR) is 46.6 cm³/mol. The number of aliphatic imine (C=N–C) groups is 1. The molecule has 0 bridgehead atoms. The maximum absolute atomic E-state index is 12.5. The number of amides is 1. The predicted octanol–water partition coefficient (Wildman–Crippen LogP) is 0.950. The molecular weight excluding hydrogens is 183 g/mol. The molecule has 0 aliphatic carbocycles. The first kappa shape index (κ1) is 11.0. The Morgan fingerprint density at radius 1 is 1.67 bits per heavy atom. The van der Waals surface area contributed by atoms with Crippen molar-refractivity contribution in [1.29, 1.82) is 0 Å². The summed E-state index contributed by atoms with van der Waals surface area (Å²) in [5, 5.41) is 9.23. The van der Waals surface area contributed by atoms with Gasteiger partial charge in [-0.1, -0.05) is 0 Å². The van der Waals surface area contributed by atoms with E-state index in [0.717, 1.165) is 0 Å². The van der Waals surface area contributed by atoms with Crippen molar-refractivity contribution in [3.05, 3.63) is 11.7 Å². The van der Waals surface area contributed by atoms with Gasteiger partial charge in [0.2, 0.25) is 5.83 Å². The number of rotatable bonds is 2. The van der Waals surface area contributed by atoms with Crippen LogP contribution in [0.3, 0.4) is 0 Å². The largest absolute Gasteiger partial charge is 0.491 e. The Balaban J connectivity index is 4.69. The molecule has 0 aliphatic rings. The molecular formula is C6H9FN2O2S. The van der Waals surface area contributed by atoms with Crippen LogP contribution in [0, 0.1) is 0 Å². The second kappa shape index (κ2) is 4.76. The first-order chi connectivity index (χ1) is 5.49. The molecule has 0 heterocycles. The zero-order valence-electron chi connectivity index (χ0n) is 6.67. The fourth-order valence-electron chi connectivity index (χ4n) is 0.354. The molecule has 0 aromatic rings. The monoisotopic (exact) mass is 192 g/mol. The van der Waals surface area contributed by atoms with E-state index in [-0.39, 0.29) is 0 Å². The van der Waals surface area contributed by atoms with E-state index in [1.807, 2.05) is 0 Å². The number of carbonyl (C=O) groups is 1. The minimum Gasteiger partial charge on any atom is -0.491 e. The Morgan fingerprint density at radius 3 is 2.50 bits per heavy atom. The SMILES string of the molecule is CSC(C)=N/C(O)=C(/F)C(N)=O. The highest BCUT2D eigenvalue weighted by molar-refractivity contribution is 8.13. The lowest BCUT2D eigenvalue weighted by Crippen LogP contribution is -2.12. The highest BCUT2D eigenvalue weighted by Gasteiger charge is 2.10. The van der Waals surface area contributed by atoms with Crippen LogP contribution in [-0.4, -0.2) is 22.3 Å². The van der Waals surface area contributed by atoms with Crippen LogP contribution in [0.25, 0.3) is 0 Å². The summed E-state index contributed by atoms with van der Waals surface area (Å²) < 4.78 is 12.5. The van der Waals surface area contributed by atoms with Gasteiger partial charge in [0.1, 0.15) is 0 Å². The van der Waals surface area contributed by atoms with Crippen LogP contribution in [0.15, 0.2) is 16.7 Å². The molecule has 6 heteroatoms. The van der Waals surface area contributed by atoms with Gasteiger partial charge in [0.15, 0.2) is 0 Å². The van der Waals surface area contributed by atoms with Gasteiger partial charge in [-0.25, -0.2) is 4.99 Å². The van der Waals surface area contributed by atoms with E-state index < -0.39 is 17.6 Å². The molecule has 4 nitrogen and oxygen atoms in total. The number of aliphatic hydroxyl groups is 1. The molecule has 0 aromatic heterocycles. The molecule has 0 spiro atoms. The molecule has 0 saturated heterocycles. The molecule has 1 amide bonds. The van der Waals surface area contributed by atoms with Crippen molar-refractivity contribution >= 4 is 22.7 Å². The lowest BCUT2D eigenvalue weighted by atomic mass is 10.5. The normalized spacial score (nSPS) is 14.1. The van der Waals surface area contributed by atoms with Crippen LogP contribution in [0.1, 0.15) is 6.92 Å². The van der Waals surface area contributed by atoms with Gasteiger partial charge >= 0.3 is 0 Å². The van der Waals surface area contributed by atoms with Crippen molar-refractivity contribution < 1.29 is 14.3 Å². The van der Waals surface area contributed by atoms with Crippen molar-refractivity contribution in [2.45, 2.75) is 6.92 Å². The molecule has 0 fully saturated rings. The summed E-state index contributed by atoms with van der Waals surface area (Å²) in [6.07, 6.45) is 1.70. The van der Waals surface area contributed by atoms with E-state index in [2.05, 4.69) is 10.7 Å². The van der Waals surface area contributed by atoms with Gasteiger partial charge in [-0.05, 0) is 13.2 Å². The van der Waals surface area contributed by atoms with Crippen molar-refractivity contribution in [3.63, 3.8) is 0 Å². The third-order valence-electron chi connectivity index (χ3n) is 0.971. The van der Waals surface area contributed by atoms with Crippen molar-refractivity contribution in [2.75, 3.05) is 6.26 Å². The Bertz CT molecular complexity index is 250. The summed E-state index contributed by atoms with van der Waals surface area (Å²) in [5.41, 5.74) is 4.55. The van der Waals surface area contributed by atoms with Crippen molar-refractivity contribution in [2.24, 2.45) is 10.7 Å². The van der Waals surface area contributed by atoms with Crippen LogP contribution in [0.2, 0.25) is 0 Å². The lowest BCUT2D eigenvalue weighted by molar-refractivity contribution is -0.116. The minimum absolute atomic E-state index is 0.434. The van der Waals surface area contributed by atoms with Gasteiger partial charge in [-0.3, -0.25) is 4.79 Å². The molecule has 0 atom stereocenters. The highest BCUT2D eigenvalue weighted by Crippen LogP contribution is 2.07. The summed E-state index contributed by atoms with van der Waals surface area (Å²) in [6.45, 7) is 1.56. The smallest absolute Gasteiger partial charge is 0.283 e. The average Bonchev–Trinajstić information content (AvgIpc) is 2.02. The number of carbonyl (C=O) groups excluding carboxylic acids is 1. The van der Waals surface area contributed by atoms with Crippen LogP contribution in [0.4, 0.5) is 4.39 Å². The topological polar surface area (TPSA) is 75.7 Å². The molecule has 0 unspecified atom stereocenters. The number of halogens is 1. The van der Waals surface area contributed by atoms with E-state index in [0.29, 0.717) is 5.04 Å². The van der Waals surface area contributed by atoms with E-state index in [4.69, 9.17) is 5.11 Å². The van der Waals surface area contributed by atoms with Gasteiger partial charge < -0.3 is 10.8 Å². The number of aliphatic hydroxyl groups excluding tert-OH is 1. The first-order valence-corrected chi connectivity index (χ1v) is 4.19. The zero-order valence-corrected chi connectivity index (χ0v) is 7.48. The zero-order chi connectivity index (χ0) is 9.72. The molecule has 0 saturated carbocycles. The van der Waals surface area contributed by atoms with Crippen LogP contribution in [-0.2, 0) is 4.79 Å². The van der Waals surface area contributed by atoms with E-state index in [9.17, 15) is 9.18 Å². The van der Waals surface area contributed by atoms with Crippen LogP contribution in [0.5, 0.6) is 0 Å². The summed E-state index contributed by atoms with van der Waals surface area (Å²) >= 11 is 1.22. The molecule has 0 aromatic carbocycles. The van der Waals surface area contributed by atoms with Gasteiger partial charge in [0, 0.05) is 0 Å². The summed E-state index contributed by atoms with van der Waals surface area (Å²) in [5.74, 6) is -3.73. The first-order valence-electron chi connectivity index (χ1n) is 2.96. The number of primary amides is 1. The molecule has 3 N–H and O–H groups in total. The maximum Gasteiger partial charge on any atom is 0.283 e. The Morgan fingerprint density at radius 2 is 2.17 bits per heavy atom. The van der Waals surface area contributed by atoms with Crippen LogP contribution < -0.4 is 5.73 Å². The van der Waals surface area contributed by atoms with Crippen LogP contribution >= 0.6 is 11.8 Å². The Kier molecular flexibility index (Phi) is 4.35. The highest BCUT2D eigenvalue weighted by atomic mass is 32.2.